The molecule has 1 N–H and O–H groups in total. The summed E-state index contributed by atoms with van der Waals surface area (Å²) in [6.45, 7) is 4.01. The number of pyridine rings is 1. The first kappa shape index (κ1) is 16.6. The minimum absolute atomic E-state index is 0.230. The van der Waals surface area contributed by atoms with Crippen molar-refractivity contribution in [3.8, 4) is 11.4 Å². The van der Waals surface area contributed by atoms with Crippen LogP contribution in [0.25, 0.3) is 11.4 Å². The average Bonchev–Trinajstić information content (AvgIpc) is 3.10. The Hall–Kier alpha value is -2.53. The van der Waals surface area contributed by atoms with E-state index < -0.39 is 0 Å². The molecule has 1 aromatic carbocycles. The Morgan fingerprint density at radius 3 is 2.96 bits per heavy atom. The first-order valence-electron chi connectivity index (χ1n) is 9.68. The molecule has 0 saturated carbocycles. The third kappa shape index (κ3) is 3.06. The highest BCUT2D eigenvalue weighted by atomic mass is 19.1. The van der Waals surface area contributed by atoms with Gasteiger partial charge in [0.2, 0.25) is 0 Å². The molecule has 5 rings (SSSR count). The number of hydrogen-bond donors (Lipinski definition) is 1. The van der Waals surface area contributed by atoms with Crippen LogP contribution in [0.5, 0.6) is 0 Å². The van der Waals surface area contributed by atoms with Crippen LogP contribution in [0.4, 0.5) is 4.39 Å². The van der Waals surface area contributed by atoms with Crippen LogP contribution in [0.1, 0.15) is 34.6 Å². The molecule has 1 aliphatic heterocycles. The molecule has 0 radical (unpaired) electrons. The van der Waals surface area contributed by atoms with Crippen molar-refractivity contribution in [2.45, 2.75) is 45.2 Å². The standard InChI is InChI=1S/C22H23FN4/c1-14-4-2-3-5-18(14)22-25-20-8-9-27(13-21(20)26-22)17-6-7-19-15(11-17)10-16(23)12-24-19/h2-5,10,12,17H,6-9,11,13H2,1H3,(H,25,26). The third-order valence-electron chi connectivity index (χ3n) is 5.97. The Balaban J connectivity index is 1.37. The third-order valence-corrected chi connectivity index (χ3v) is 5.97. The number of imidazole rings is 1. The minimum Gasteiger partial charge on any atom is -0.341 e. The van der Waals surface area contributed by atoms with Crippen molar-refractivity contribution < 1.29 is 4.39 Å². The van der Waals surface area contributed by atoms with Crippen molar-refractivity contribution in [3.05, 3.63) is 70.6 Å². The van der Waals surface area contributed by atoms with E-state index in [2.05, 4.69) is 46.1 Å². The Labute approximate surface area is 158 Å². The topological polar surface area (TPSA) is 44.8 Å². The van der Waals surface area contributed by atoms with Crippen molar-refractivity contribution in [2.75, 3.05) is 6.54 Å². The number of hydrogen-bond acceptors (Lipinski definition) is 3. The van der Waals surface area contributed by atoms with Crippen LogP contribution in [0.3, 0.4) is 0 Å². The molecule has 0 bridgehead atoms. The maximum atomic E-state index is 13.6. The lowest BCUT2D eigenvalue weighted by Gasteiger charge is -2.36. The number of aromatic amines is 1. The highest BCUT2D eigenvalue weighted by Gasteiger charge is 2.29. The molecule has 4 nitrogen and oxygen atoms in total. The van der Waals surface area contributed by atoms with E-state index in [1.54, 1.807) is 6.07 Å². The predicted octanol–water partition coefficient (Wildman–Crippen LogP) is 3.83. The number of aryl methyl sites for hydroxylation is 2. The molecule has 1 atom stereocenters. The summed E-state index contributed by atoms with van der Waals surface area (Å²) in [4.78, 5) is 15.2. The molecule has 2 aromatic heterocycles. The van der Waals surface area contributed by atoms with E-state index >= 15 is 0 Å². The summed E-state index contributed by atoms with van der Waals surface area (Å²) in [7, 11) is 0. The smallest absolute Gasteiger partial charge is 0.141 e. The van der Waals surface area contributed by atoms with Gasteiger partial charge in [-0.2, -0.15) is 0 Å². The number of nitrogens with zero attached hydrogens (tertiary/aromatic N) is 3. The lowest BCUT2D eigenvalue weighted by atomic mass is 9.90. The summed E-state index contributed by atoms with van der Waals surface area (Å²) in [5.74, 6) is 0.743. The van der Waals surface area contributed by atoms with Gasteiger partial charge in [-0.15, -0.1) is 0 Å². The van der Waals surface area contributed by atoms with Gasteiger partial charge in [-0.05, 0) is 43.4 Å². The van der Waals surface area contributed by atoms with Crippen LogP contribution in [0, 0.1) is 12.7 Å². The summed E-state index contributed by atoms with van der Waals surface area (Å²) in [5, 5.41) is 0. The van der Waals surface area contributed by atoms with Gasteiger partial charge in [-0.3, -0.25) is 9.88 Å². The molecular weight excluding hydrogens is 339 g/mol. The highest BCUT2D eigenvalue weighted by Crippen LogP contribution is 2.29. The quantitative estimate of drug-likeness (QED) is 0.753. The number of benzene rings is 1. The van der Waals surface area contributed by atoms with Crippen LogP contribution in [-0.2, 0) is 25.8 Å². The number of fused-ring (bicyclic) bond motifs is 2. The fraction of sp³-hybridized carbons (Fsp3) is 0.364. The van der Waals surface area contributed by atoms with Gasteiger partial charge in [0.1, 0.15) is 11.6 Å². The van der Waals surface area contributed by atoms with E-state index in [1.807, 2.05) is 0 Å². The fourth-order valence-corrected chi connectivity index (χ4v) is 4.47. The summed E-state index contributed by atoms with van der Waals surface area (Å²) >= 11 is 0. The summed E-state index contributed by atoms with van der Waals surface area (Å²) in [6, 6.07) is 10.5. The summed E-state index contributed by atoms with van der Waals surface area (Å²) in [6.07, 6.45) is 5.20. The first-order chi connectivity index (χ1) is 13.2. The van der Waals surface area contributed by atoms with Crippen LogP contribution in [0.2, 0.25) is 0 Å². The molecule has 0 saturated heterocycles. The number of rotatable bonds is 2. The van der Waals surface area contributed by atoms with Gasteiger partial charge >= 0.3 is 0 Å². The predicted molar refractivity (Wildman–Crippen MR) is 103 cm³/mol. The monoisotopic (exact) mass is 362 g/mol. The molecule has 138 valence electrons. The Morgan fingerprint density at radius 2 is 2.07 bits per heavy atom. The molecular formula is C22H23FN4. The zero-order valence-corrected chi connectivity index (χ0v) is 15.5. The van der Waals surface area contributed by atoms with Gasteiger partial charge in [0.15, 0.2) is 0 Å². The largest absolute Gasteiger partial charge is 0.341 e. The first-order valence-corrected chi connectivity index (χ1v) is 9.68. The molecule has 1 unspecified atom stereocenters. The zero-order valence-electron chi connectivity index (χ0n) is 15.5. The molecule has 3 heterocycles. The van der Waals surface area contributed by atoms with Gasteiger partial charge in [0.25, 0.3) is 0 Å². The second-order valence-electron chi connectivity index (χ2n) is 7.70. The van der Waals surface area contributed by atoms with Gasteiger partial charge in [0.05, 0.1) is 17.6 Å². The van der Waals surface area contributed by atoms with Crippen LogP contribution >= 0.6 is 0 Å². The lowest BCUT2D eigenvalue weighted by molar-refractivity contribution is 0.160. The SMILES string of the molecule is Cc1ccccc1-c1nc2c([nH]1)CN(C1CCc3ncc(F)cc3C1)CC2. The van der Waals surface area contributed by atoms with Crippen molar-refractivity contribution in [2.24, 2.45) is 0 Å². The van der Waals surface area contributed by atoms with E-state index in [1.165, 1.54) is 28.7 Å². The second kappa shape index (κ2) is 6.57. The van der Waals surface area contributed by atoms with Crippen LogP contribution in [0.15, 0.2) is 36.5 Å². The van der Waals surface area contributed by atoms with Gasteiger partial charge in [-0.25, -0.2) is 9.37 Å². The molecule has 0 spiro atoms. The molecule has 0 amide bonds. The maximum Gasteiger partial charge on any atom is 0.141 e. The number of aromatic nitrogens is 3. The molecule has 2 aliphatic rings. The van der Waals surface area contributed by atoms with Gasteiger partial charge < -0.3 is 4.98 Å². The minimum atomic E-state index is -0.230. The highest BCUT2D eigenvalue weighted by molar-refractivity contribution is 5.60. The van der Waals surface area contributed by atoms with Crippen molar-refractivity contribution >= 4 is 0 Å². The molecule has 0 fully saturated rings. The van der Waals surface area contributed by atoms with Gasteiger partial charge in [0, 0.05) is 36.8 Å². The molecule has 5 heteroatoms. The van der Waals surface area contributed by atoms with Crippen LogP contribution < -0.4 is 0 Å². The van der Waals surface area contributed by atoms with Crippen molar-refractivity contribution in [1.29, 1.82) is 0 Å². The molecule has 3 aromatic rings. The van der Waals surface area contributed by atoms with Crippen molar-refractivity contribution in [3.63, 3.8) is 0 Å². The van der Waals surface area contributed by atoms with Crippen LogP contribution in [-0.4, -0.2) is 32.4 Å². The van der Waals surface area contributed by atoms with E-state index in [-0.39, 0.29) is 5.82 Å². The Kier molecular flexibility index (Phi) is 4.05. The molecule has 27 heavy (non-hydrogen) atoms. The average molecular weight is 362 g/mol. The zero-order chi connectivity index (χ0) is 18.4. The number of H-pyrrole nitrogens is 1. The lowest BCUT2D eigenvalue weighted by Crippen LogP contribution is -2.42. The number of nitrogens with one attached hydrogen (secondary N) is 1. The van der Waals surface area contributed by atoms with E-state index in [0.717, 1.165) is 55.9 Å². The Morgan fingerprint density at radius 1 is 1.19 bits per heavy atom. The van der Waals surface area contributed by atoms with E-state index in [0.29, 0.717) is 6.04 Å². The van der Waals surface area contributed by atoms with E-state index in [4.69, 9.17) is 4.98 Å². The maximum absolute atomic E-state index is 13.6. The normalized spacial score (nSPS) is 19.6. The fourth-order valence-electron chi connectivity index (χ4n) is 4.47. The second-order valence-corrected chi connectivity index (χ2v) is 7.70. The summed E-state index contributed by atoms with van der Waals surface area (Å²) in [5.41, 5.74) is 6.96. The van der Waals surface area contributed by atoms with Gasteiger partial charge in [-0.1, -0.05) is 24.3 Å². The van der Waals surface area contributed by atoms with E-state index in [9.17, 15) is 4.39 Å². The van der Waals surface area contributed by atoms with Crippen molar-refractivity contribution in [1.82, 2.24) is 19.9 Å². The summed E-state index contributed by atoms with van der Waals surface area (Å²) < 4.78 is 13.6. The number of halogens is 1. The Bertz CT molecular complexity index is 994. The molecule has 1 aliphatic carbocycles.